The van der Waals surface area contributed by atoms with Gasteiger partial charge in [0.2, 0.25) is 5.78 Å². The second kappa shape index (κ2) is 9.75. The van der Waals surface area contributed by atoms with Gasteiger partial charge in [0.15, 0.2) is 0 Å². The Labute approximate surface area is 115 Å². The second-order valence-electron chi connectivity index (χ2n) is 4.08. The second-order valence-corrected chi connectivity index (χ2v) is 4.08. The van der Waals surface area contributed by atoms with E-state index in [2.05, 4.69) is 30.6 Å². The standard InChI is InChI=1S/C18H18O/c1-2-3-4-5-6-7-8-9-13-16-18(19)17-14-11-10-12-15-17/h8-12,14-15H,2-5H2,1H3/b9-8-. The zero-order valence-electron chi connectivity index (χ0n) is 11.3. The van der Waals surface area contributed by atoms with E-state index in [1.807, 2.05) is 18.2 Å². The summed E-state index contributed by atoms with van der Waals surface area (Å²) in [6, 6.07) is 9.04. The summed E-state index contributed by atoms with van der Waals surface area (Å²) >= 11 is 0. The maximum atomic E-state index is 11.6. The van der Waals surface area contributed by atoms with E-state index in [1.165, 1.54) is 12.8 Å². The van der Waals surface area contributed by atoms with Crippen molar-refractivity contribution in [3.8, 4) is 23.7 Å². The molecule has 0 saturated carbocycles. The Kier molecular flexibility index (Phi) is 7.60. The molecule has 0 aliphatic heterocycles. The van der Waals surface area contributed by atoms with Gasteiger partial charge in [0, 0.05) is 12.0 Å². The van der Waals surface area contributed by atoms with Crippen LogP contribution in [0.1, 0.15) is 43.0 Å². The van der Waals surface area contributed by atoms with E-state index in [-0.39, 0.29) is 5.78 Å². The van der Waals surface area contributed by atoms with Crippen molar-refractivity contribution in [2.24, 2.45) is 0 Å². The van der Waals surface area contributed by atoms with E-state index in [9.17, 15) is 4.79 Å². The van der Waals surface area contributed by atoms with Gasteiger partial charge in [-0.1, -0.05) is 67.9 Å². The molecule has 1 nitrogen and oxygen atoms in total. The van der Waals surface area contributed by atoms with Crippen LogP contribution in [-0.2, 0) is 0 Å². The van der Waals surface area contributed by atoms with Gasteiger partial charge < -0.3 is 0 Å². The molecule has 0 radical (unpaired) electrons. The van der Waals surface area contributed by atoms with Crippen molar-refractivity contribution in [2.45, 2.75) is 32.6 Å². The summed E-state index contributed by atoms with van der Waals surface area (Å²) in [5, 5.41) is 0. The number of carbonyl (C=O) groups is 1. The molecule has 96 valence electrons. The van der Waals surface area contributed by atoms with Gasteiger partial charge in [0.1, 0.15) is 0 Å². The van der Waals surface area contributed by atoms with Crippen LogP contribution in [0.3, 0.4) is 0 Å². The topological polar surface area (TPSA) is 17.1 Å². The first-order valence-corrected chi connectivity index (χ1v) is 6.59. The Bertz CT molecular complexity index is 530. The average Bonchev–Trinajstić information content (AvgIpc) is 2.46. The van der Waals surface area contributed by atoms with Gasteiger partial charge >= 0.3 is 0 Å². The van der Waals surface area contributed by atoms with Gasteiger partial charge in [-0.3, -0.25) is 4.79 Å². The van der Waals surface area contributed by atoms with Crippen LogP contribution in [0.5, 0.6) is 0 Å². The quantitative estimate of drug-likeness (QED) is 0.341. The van der Waals surface area contributed by atoms with Crippen molar-refractivity contribution in [2.75, 3.05) is 0 Å². The lowest BCUT2D eigenvalue weighted by Gasteiger charge is -1.89. The first-order chi connectivity index (χ1) is 9.34. The maximum Gasteiger partial charge on any atom is 0.236 e. The molecule has 1 aromatic rings. The molecule has 0 saturated heterocycles. The normalized spacial score (nSPS) is 9.32. The fourth-order valence-corrected chi connectivity index (χ4v) is 1.45. The fraction of sp³-hybridized carbons (Fsp3) is 0.278. The summed E-state index contributed by atoms with van der Waals surface area (Å²) in [5.41, 5.74) is 0.619. The lowest BCUT2D eigenvalue weighted by Crippen LogP contribution is -1.92. The molecular formula is C18H18O. The molecule has 19 heavy (non-hydrogen) atoms. The summed E-state index contributed by atoms with van der Waals surface area (Å²) in [5.74, 6) is 11.1. The highest BCUT2D eigenvalue weighted by atomic mass is 16.1. The van der Waals surface area contributed by atoms with Crippen LogP contribution in [0.15, 0.2) is 42.5 Å². The van der Waals surface area contributed by atoms with E-state index in [0.717, 1.165) is 12.8 Å². The fourth-order valence-electron chi connectivity index (χ4n) is 1.45. The first-order valence-electron chi connectivity index (χ1n) is 6.59. The van der Waals surface area contributed by atoms with Crippen molar-refractivity contribution in [3.63, 3.8) is 0 Å². The van der Waals surface area contributed by atoms with Crippen molar-refractivity contribution in [3.05, 3.63) is 48.0 Å². The number of allylic oxidation sites excluding steroid dienone is 2. The molecule has 0 N–H and O–H groups in total. The zero-order chi connectivity index (χ0) is 13.8. The maximum absolute atomic E-state index is 11.6. The Hall–Kier alpha value is -2.25. The third-order valence-electron chi connectivity index (χ3n) is 2.48. The summed E-state index contributed by atoms with van der Waals surface area (Å²) in [4.78, 5) is 11.6. The van der Waals surface area contributed by atoms with Gasteiger partial charge in [-0.2, -0.15) is 0 Å². The molecule has 0 aliphatic carbocycles. The van der Waals surface area contributed by atoms with Crippen molar-refractivity contribution < 1.29 is 4.79 Å². The SMILES string of the molecule is CCCCCC#C/C=C\C#CC(=O)c1ccccc1. The molecule has 0 amide bonds. The van der Waals surface area contributed by atoms with Crippen LogP contribution in [0.25, 0.3) is 0 Å². The van der Waals surface area contributed by atoms with E-state index in [0.29, 0.717) is 5.56 Å². The van der Waals surface area contributed by atoms with E-state index >= 15 is 0 Å². The summed E-state index contributed by atoms with van der Waals surface area (Å²) in [6.07, 6.45) is 7.82. The molecule has 0 unspecified atom stereocenters. The molecule has 1 rings (SSSR count). The highest BCUT2D eigenvalue weighted by Gasteiger charge is 1.97. The Morgan fingerprint density at radius 2 is 1.84 bits per heavy atom. The van der Waals surface area contributed by atoms with Crippen molar-refractivity contribution in [1.29, 1.82) is 0 Å². The van der Waals surface area contributed by atoms with Gasteiger partial charge in [0.25, 0.3) is 0 Å². The number of carbonyl (C=O) groups excluding carboxylic acids is 1. The number of Topliss-reactive ketones (excluding diaryl/α,β-unsaturated/α-hetero) is 1. The molecular weight excluding hydrogens is 232 g/mol. The monoisotopic (exact) mass is 250 g/mol. The lowest BCUT2D eigenvalue weighted by molar-refractivity contribution is 0.105. The van der Waals surface area contributed by atoms with Crippen LogP contribution < -0.4 is 0 Å². The van der Waals surface area contributed by atoms with Crippen molar-refractivity contribution in [1.82, 2.24) is 0 Å². The molecule has 0 heterocycles. The van der Waals surface area contributed by atoms with Crippen LogP contribution in [0, 0.1) is 23.7 Å². The Balaban J connectivity index is 2.37. The minimum Gasteiger partial charge on any atom is -0.279 e. The molecule has 0 spiro atoms. The van der Waals surface area contributed by atoms with Gasteiger partial charge in [-0.25, -0.2) is 0 Å². The number of hydrogen-bond acceptors (Lipinski definition) is 1. The summed E-state index contributed by atoms with van der Waals surface area (Å²) < 4.78 is 0. The largest absolute Gasteiger partial charge is 0.279 e. The smallest absolute Gasteiger partial charge is 0.236 e. The van der Waals surface area contributed by atoms with Crippen LogP contribution in [-0.4, -0.2) is 5.78 Å². The number of hydrogen-bond donors (Lipinski definition) is 0. The van der Waals surface area contributed by atoms with Gasteiger partial charge in [-0.15, -0.1) is 0 Å². The minimum absolute atomic E-state index is 0.166. The highest BCUT2D eigenvalue weighted by molar-refractivity contribution is 6.09. The van der Waals surface area contributed by atoms with E-state index < -0.39 is 0 Å². The molecule has 0 aliphatic rings. The van der Waals surface area contributed by atoms with E-state index in [4.69, 9.17) is 0 Å². The predicted molar refractivity (Wildman–Crippen MR) is 79.6 cm³/mol. The lowest BCUT2D eigenvalue weighted by atomic mass is 10.1. The zero-order valence-corrected chi connectivity index (χ0v) is 11.3. The number of unbranched alkanes of at least 4 members (excludes halogenated alkanes) is 3. The van der Waals surface area contributed by atoms with Crippen molar-refractivity contribution >= 4 is 5.78 Å². The molecule has 0 atom stereocenters. The summed E-state index contributed by atoms with van der Waals surface area (Å²) in [6.45, 7) is 2.17. The highest BCUT2D eigenvalue weighted by Crippen LogP contribution is 1.98. The van der Waals surface area contributed by atoms with Crippen LogP contribution in [0.4, 0.5) is 0 Å². The van der Waals surface area contributed by atoms with E-state index in [1.54, 1.807) is 24.3 Å². The van der Waals surface area contributed by atoms with Crippen LogP contribution >= 0.6 is 0 Å². The average molecular weight is 250 g/mol. The minimum atomic E-state index is -0.166. The molecule has 1 aromatic carbocycles. The molecule has 0 fully saturated rings. The third-order valence-corrected chi connectivity index (χ3v) is 2.48. The molecule has 1 heteroatoms. The number of rotatable bonds is 4. The summed E-state index contributed by atoms with van der Waals surface area (Å²) in [7, 11) is 0. The Morgan fingerprint density at radius 1 is 1.11 bits per heavy atom. The number of ketones is 1. The molecule has 0 aromatic heterocycles. The first kappa shape index (κ1) is 14.8. The van der Waals surface area contributed by atoms with Gasteiger partial charge in [-0.05, 0) is 24.5 Å². The predicted octanol–water partition coefficient (Wildman–Crippen LogP) is 4.01. The van der Waals surface area contributed by atoms with Gasteiger partial charge in [0.05, 0.1) is 0 Å². The molecule has 0 bridgehead atoms. The van der Waals surface area contributed by atoms with Crippen LogP contribution in [0.2, 0.25) is 0 Å². The Morgan fingerprint density at radius 3 is 2.58 bits per heavy atom. The third kappa shape index (κ3) is 6.92. The number of benzene rings is 1.